The molecule has 0 bridgehead atoms. The molecule has 0 atom stereocenters. The van der Waals surface area contributed by atoms with Gasteiger partial charge in [-0.15, -0.1) is 0 Å². The Morgan fingerprint density at radius 3 is 2.81 bits per heavy atom. The van der Waals surface area contributed by atoms with Gasteiger partial charge in [-0.05, 0) is 42.2 Å². The molecule has 1 aromatic carbocycles. The van der Waals surface area contributed by atoms with Crippen LogP contribution in [0.25, 0.3) is 5.65 Å². The number of esters is 1. The third-order valence-corrected chi connectivity index (χ3v) is 4.21. The number of hydrogen-bond acceptors (Lipinski definition) is 4. The quantitative estimate of drug-likeness (QED) is 0.596. The lowest BCUT2D eigenvalue weighted by Gasteiger charge is -2.14. The SMILES string of the molecule is Cc1ccc(C(C)C)c(OCC(=O)OCc2cn3cc(Cl)ccc3n2)c1. The largest absolute Gasteiger partial charge is 0.482 e. The first-order valence-corrected chi connectivity index (χ1v) is 8.82. The van der Waals surface area contributed by atoms with Crippen molar-refractivity contribution in [2.75, 3.05) is 6.61 Å². The predicted octanol–water partition coefficient (Wildman–Crippen LogP) is 4.54. The molecular formula is C20H21ClN2O3. The van der Waals surface area contributed by atoms with Gasteiger partial charge in [0.05, 0.1) is 10.7 Å². The van der Waals surface area contributed by atoms with E-state index in [0.717, 1.165) is 22.5 Å². The summed E-state index contributed by atoms with van der Waals surface area (Å²) in [6.45, 7) is 6.12. The number of carbonyl (C=O) groups excluding carboxylic acids is 1. The van der Waals surface area contributed by atoms with Crippen LogP contribution in [0.5, 0.6) is 5.75 Å². The van der Waals surface area contributed by atoms with Gasteiger partial charge in [-0.2, -0.15) is 0 Å². The van der Waals surface area contributed by atoms with Crippen molar-refractivity contribution in [3.8, 4) is 5.75 Å². The number of nitrogens with zero attached hydrogens (tertiary/aromatic N) is 2. The number of aryl methyl sites for hydroxylation is 1. The number of pyridine rings is 1. The highest BCUT2D eigenvalue weighted by atomic mass is 35.5. The summed E-state index contributed by atoms with van der Waals surface area (Å²) < 4.78 is 12.7. The Labute approximate surface area is 157 Å². The number of benzene rings is 1. The van der Waals surface area contributed by atoms with Crippen LogP contribution in [-0.2, 0) is 16.1 Å². The van der Waals surface area contributed by atoms with Gasteiger partial charge in [0.15, 0.2) is 6.61 Å². The van der Waals surface area contributed by atoms with Gasteiger partial charge in [-0.1, -0.05) is 37.6 Å². The molecule has 0 saturated heterocycles. The maximum Gasteiger partial charge on any atom is 0.344 e. The molecule has 2 heterocycles. The Bertz CT molecular complexity index is 934. The van der Waals surface area contributed by atoms with Crippen molar-refractivity contribution >= 4 is 23.2 Å². The second-order valence-electron chi connectivity index (χ2n) is 6.49. The smallest absolute Gasteiger partial charge is 0.344 e. The fraction of sp³-hybridized carbons (Fsp3) is 0.300. The van der Waals surface area contributed by atoms with Gasteiger partial charge < -0.3 is 13.9 Å². The molecule has 0 aliphatic heterocycles. The molecule has 0 unspecified atom stereocenters. The molecular weight excluding hydrogens is 352 g/mol. The summed E-state index contributed by atoms with van der Waals surface area (Å²) >= 11 is 5.95. The normalized spacial score (nSPS) is 11.1. The number of ether oxygens (including phenoxy) is 2. The van der Waals surface area contributed by atoms with Crippen LogP contribution in [0.3, 0.4) is 0 Å². The lowest BCUT2D eigenvalue weighted by atomic mass is 10.0. The van der Waals surface area contributed by atoms with E-state index in [1.807, 2.05) is 31.2 Å². The van der Waals surface area contributed by atoms with Gasteiger partial charge in [0.25, 0.3) is 0 Å². The van der Waals surface area contributed by atoms with Crippen molar-refractivity contribution in [3.05, 3.63) is 64.6 Å². The van der Waals surface area contributed by atoms with Crippen molar-refractivity contribution in [1.29, 1.82) is 0 Å². The van der Waals surface area contributed by atoms with E-state index in [2.05, 4.69) is 18.8 Å². The van der Waals surface area contributed by atoms with E-state index in [1.165, 1.54) is 0 Å². The van der Waals surface area contributed by atoms with Gasteiger partial charge >= 0.3 is 5.97 Å². The zero-order chi connectivity index (χ0) is 18.7. The summed E-state index contributed by atoms with van der Waals surface area (Å²) in [6.07, 6.45) is 3.54. The monoisotopic (exact) mass is 372 g/mol. The lowest BCUT2D eigenvalue weighted by molar-refractivity contribution is -0.147. The molecule has 0 aliphatic carbocycles. The summed E-state index contributed by atoms with van der Waals surface area (Å²) in [6, 6.07) is 9.58. The standard InChI is InChI=1S/C20H21ClN2O3/c1-13(2)17-6-4-14(3)8-18(17)25-12-20(24)26-11-16-10-23-9-15(21)5-7-19(23)22-16/h4-10,13H,11-12H2,1-3H3. The van der Waals surface area contributed by atoms with Crippen LogP contribution in [0, 0.1) is 6.92 Å². The minimum Gasteiger partial charge on any atom is -0.482 e. The molecule has 0 fully saturated rings. The third-order valence-electron chi connectivity index (χ3n) is 3.98. The van der Waals surface area contributed by atoms with Gasteiger partial charge in [0.1, 0.15) is 18.0 Å². The Kier molecular flexibility index (Phi) is 5.47. The molecule has 0 radical (unpaired) electrons. The second-order valence-corrected chi connectivity index (χ2v) is 6.93. The van der Waals surface area contributed by atoms with Crippen LogP contribution in [0.1, 0.15) is 36.6 Å². The maximum atomic E-state index is 12.0. The van der Waals surface area contributed by atoms with E-state index in [9.17, 15) is 4.79 Å². The second kappa shape index (κ2) is 7.79. The Hall–Kier alpha value is -2.53. The predicted molar refractivity (Wildman–Crippen MR) is 101 cm³/mol. The molecule has 136 valence electrons. The van der Waals surface area contributed by atoms with E-state index >= 15 is 0 Å². The Balaban J connectivity index is 1.58. The van der Waals surface area contributed by atoms with Crippen molar-refractivity contribution in [1.82, 2.24) is 9.38 Å². The molecule has 2 aromatic heterocycles. The summed E-state index contributed by atoms with van der Waals surface area (Å²) in [5, 5.41) is 0.617. The molecule has 5 nitrogen and oxygen atoms in total. The van der Waals surface area contributed by atoms with Crippen molar-refractivity contribution in [2.24, 2.45) is 0 Å². The maximum absolute atomic E-state index is 12.0. The highest BCUT2D eigenvalue weighted by Gasteiger charge is 2.12. The molecule has 3 aromatic rings. The fourth-order valence-corrected chi connectivity index (χ4v) is 2.83. The molecule has 26 heavy (non-hydrogen) atoms. The van der Waals surface area contributed by atoms with Gasteiger partial charge in [-0.25, -0.2) is 9.78 Å². The van der Waals surface area contributed by atoms with E-state index < -0.39 is 5.97 Å². The van der Waals surface area contributed by atoms with Crippen LogP contribution in [0.15, 0.2) is 42.7 Å². The van der Waals surface area contributed by atoms with E-state index in [4.69, 9.17) is 21.1 Å². The average Bonchev–Trinajstić information content (AvgIpc) is 2.99. The number of aromatic nitrogens is 2. The molecule has 0 aliphatic rings. The minimum atomic E-state index is -0.434. The molecule has 0 amide bonds. The van der Waals surface area contributed by atoms with Crippen LogP contribution < -0.4 is 4.74 Å². The number of hydrogen-bond donors (Lipinski definition) is 0. The molecule has 6 heteroatoms. The number of carbonyl (C=O) groups is 1. The van der Waals surface area contributed by atoms with E-state index in [-0.39, 0.29) is 13.2 Å². The average molecular weight is 373 g/mol. The number of rotatable bonds is 6. The van der Waals surface area contributed by atoms with E-state index in [1.54, 1.807) is 22.9 Å². The van der Waals surface area contributed by atoms with Crippen LogP contribution in [0.4, 0.5) is 0 Å². The fourth-order valence-electron chi connectivity index (χ4n) is 2.66. The van der Waals surface area contributed by atoms with Gasteiger partial charge in [0, 0.05) is 12.4 Å². The number of fused-ring (bicyclic) bond motifs is 1. The third kappa shape index (κ3) is 4.35. The van der Waals surface area contributed by atoms with Crippen LogP contribution in [0.2, 0.25) is 5.02 Å². The molecule has 0 N–H and O–H groups in total. The summed E-state index contributed by atoms with van der Waals surface area (Å²) in [7, 11) is 0. The first-order chi connectivity index (χ1) is 12.4. The topological polar surface area (TPSA) is 52.8 Å². The highest BCUT2D eigenvalue weighted by molar-refractivity contribution is 6.30. The first-order valence-electron chi connectivity index (χ1n) is 8.44. The van der Waals surface area contributed by atoms with Crippen LogP contribution >= 0.6 is 11.6 Å². The molecule has 3 rings (SSSR count). The summed E-state index contributed by atoms with van der Waals surface area (Å²) in [5.74, 6) is 0.599. The van der Waals surface area contributed by atoms with E-state index in [0.29, 0.717) is 16.6 Å². The Morgan fingerprint density at radius 2 is 2.04 bits per heavy atom. The highest BCUT2D eigenvalue weighted by Crippen LogP contribution is 2.27. The lowest BCUT2D eigenvalue weighted by Crippen LogP contribution is -2.15. The summed E-state index contributed by atoms with van der Waals surface area (Å²) in [5.41, 5.74) is 3.55. The Morgan fingerprint density at radius 1 is 1.23 bits per heavy atom. The first kappa shape index (κ1) is 18.3. The summed E-state index contributed by atoms with van der Waals surface area (Å²) in [4.78, 5) is 16.4. The van der Waals surface area contributed by atoms with Gasteiger partial charge in [0.2, 0.25) is 0 Å². The van der Waals surface area contributed by atoms with Gasteiger partial charge in [-0.3, -0.25) is 0 Å². The number of halogens is 1. The zero-order valence-electron chi connectivity index (χ0n) is 15.0. The zero-order valence-corrected chi connectivity index (χ0v) is 15.8. The minimum absolute atomic E-state index is 0.0896. The molecule has 0 spiro atoms. The van der Waals surface area contributed by atoms with Crippen LogP contribution in [-0.4, -0.2) is 22.0 Å². The van der Waals surface area contributed by atoms with Crippen molar-refractivity contribution < 1.29 is 14.3 Å². The van der Waals surface area contributed by atoms with Crippen molar-refractivity contribution in [3.63, 3.8) is 0 Å². The molecule has 0 saturated carbocycles. The number of imidazole rings is 1. The van der Waals surface area contributed by atoms with Crippen molar-refractivity contribution in [2.45, 2.75) is 33.3 Å².